The fourth-order valence-corrected chi connectivity index (χ4v) is 2.40. The van der Waals surface area contributed by atoms with Gasteiger partial charge >= 0.3 is 6.09 Å². The van der Waals surface area contributed by atoms with Crippen molar-refractivity contribution in [2.24, 2.45) is 0 Å². The van der Waals surface area contributed by atoms with E-state index in [0.717, 1.165) is 25.7 Å². The first-order valence-electron chi connectivity index (χ1n) is 6.35. The van der Waals surface area contributed by atoms with E-state index >= 15 is 0 Å². The molecule has 0 aromatic carbocycles. The molecular formula is C12H21NO4. The third-order valence-electron chi connectivity index (χ3n) is 3.23. The molecule has 0 radical (unpaired) electrons. The zero-order chi connectivity index (χ0) is 12.3. The Bertz CT molecular complexity index is 264. The van der Waals surface area contributed by atoms with E-state index in [9.17, 15) is 4.79 Å². The van der Waals surface area contributed by atoms with Crippen LogP contribution in [-0.2, 0) is 14.2 Å². The number of ether oxygens (including phenoxy) is 3. The van der Waals surface area contributed by atoms with Crippen LogP contribution in [0.1, 0.15) is 39.5 Å². The first-order valence-corrected chi connectivity index (χ1v) is 6.35. The van der Waals surface area contributed by atoms with Crippen LogP contribution in [0.5, 0.6) is 0 Å². The van der Waals surface area contributed by atoms with Crippen molar-refractivity contribution in [1.29, 1.82) is 0 Å². The number of hydrogen-bond acceptors (Lipinski definition) is 4. The Morgan fingerprint density at radius 1 is 1.29 bits per heavy atom. The summed E-state index contributed by atoms with van der Waals surface area (Å²) >= 11 is 0. The van der Waals surface area contributed by atoms with E-state index in [-0.39, 0.29) is 24.0 Å². The second-order valence-corrected chi connectivity index (χ2v) is 4.98. The number of carbonyl (C=O) groups excluding carboxylic acids is 1. The van der Waals surface area contributed by atoms with Gasteiger partial charge in [0.15, 0.2) is 5.79 Å². The highest BCUT2D eigenvalue weighted by Gasteiger charge is 2.40. The summed E-state index contributed by atoms with van der Waals surface area (Å²) in [7, 11) is 0. The van der Waals surface area contributed by atoms with Crippen LogP contribution < -0.4 is 5.32 Å². The van der Waals surface area contributed by atoms with E-state index in [1.807, 2.05) is 13.8 Å². The molecule has 0 unspecified atom stereocenters. The largest absolute Gasteiger partial charge is 0.447 e. The normalized spacial score (nSPS) is 24.2. The molecule has 1 amide bonds. The second kappa shape index (κ2) is 5.23. The Kier molecular flexibility index (Phi) is 3.89. The number of hydrogen-bond donors (Lipinski definition) is 1. The SMILES string of the molecule is CC(C)OC(=O)NC1CCC2(CC1)OCCO2. The van der Waals surface area contributed by atoms with Crippen molar-refractivity contribution in [2.45, 2.75) is 57.5 Å². The Balaban J connectivity index is 1.73. The Hall–Kier alpha value is -0.810. The summed E-state index contributed by atoms with van der Waals surface area (Å²) in [5.41, 5.74) is 0. The van der Waals surface area contributed by atoms with Gasteiger partial charge in [-0.2, -0.15) is 0 Å². The molecule has 0 aromatic rings. The predicted octanol–water partition coefficient (Wildman–Crippen LogP) is 1.81. The van der Waals surface area contributed by atoms with Crippen molar-refractivity contribution in [1.82, 2.24) is 5.32 Å². The molecule has 5 heteroatoms. The number of carbonyl (C=O) groups is 1. The molecule has 0 aromatic heterocycles. The molecule has 17 heavy (non-hydrogen) atoms. The molecule has 1 heterocycles. The zero-order valence-corrected chi connectivity index (χ0v) is 10.5. The quantitative estimate of drug-likeness (QED) is 0.803. The maximum Gasteiger partial charge on any atom is 0.407 e. The summed E-state index contributed by atoms with van der Waals surface area (Å²) in [6.45, 7) is 5.06. The Morgan fingerprint density at radius 2 is 1.88 bits per heavy atom. The average Bonchev–Trinajstić information content (AvgIpc) is 2.69. The topological polar surface area (TPSA) is 56.8 Å². The van der Waals surface area contributed by atoms with Crippen molar-refractivity contribution in [3.63, 3.8) is 0 Å². The molecule has 1 N–H and O–H groups in total. The Labute approximate surface area is 102 Å². The van der Waals surface area contributed by atoms with Gasteiger partial charge < -0.3 is 19.5 Å². The highest BCUT2D eigenvalue weighted by molar-refractivity contribution is 5.67. The summed E-state index contributed by atoms with van der Waals surface area (Å²) < 4.78 is 16.3. The summed E-state index contributed by atoms with van der Waals surface area (Å²) in [5.74, 6) is -0.361. The van der Waals surface area contributed by atoms with Gasteiger partial charge in [-0.3, -0.25) is 0 Å². The van der Waals surface area contributed by atoms with Crippen molar-refractivity contribution >= 4 is 6.09 Å². The lowest BCUT2D eigenvalue weighted by atomic mass is 9.90. The summed E-state index contributed by atoms with van der Waals surface area (Å²) in [4.78, 5) is 11.4. The molecule has 2 aliphatic rings. The molecule has 5 nitrogen and oxygen atoms in total. The number of amides is 1. The molecular weight excluding hydrogens is 222 g/mol. The summed E-state index contributed by atoms with van der Waals surface area (Å²) in [5, 5.41) is 2.88. The summed E-state index contributed by atoms with van der Waals surface area (Å²) in [6.07, 6.45) is 3.06. The van der Waals surface area contributed by atoms with Crippen molar-refractivity contribution < 1.29 is 19.0 Å². The van der Waals surface area contributed by atoms with Crippen LogP contribution in [-0.4, -0.2) is 37.2 Å². The van der Waals surface area contributed by atoms with E-state index in [2.05, 4.69) is 5.32 Å². The van der Waals surface area contributed by atoms with Gasteiger partial charge in [-0.05, 0) is 26.7 Å². The molecule has 1 saturated heterocycles. The first-order chi connectivity index (χ1) is 8.10. The third-order valence-corrected chi connectivity index (χ3v) is 3.23. The van der Waals surface area contributed by atoms with E-state index in [1.54, 1.807) is 0 Å². The smallest absolute Gasteiger partial charge is 0.407 e. The zero-order valence-electron chi connectivity index (χ0n) is 10.5. The minimum atomic E-state index is -0.361. The van der Waals surface area contributed by atoms with Gasteiger partial charge in [0, 0.05) is 18.9 Å². The Morgan fingerprint density at radius 3 is 2.41 bits per heavy atom. The molecule has 2 rings (SSSR count). The molecule has 1 spiro atoms. The van der Waals surface area contributed by atoms with Crippen LogP contribution in [0.3, 0.4) is 0 Å². The molecule has 1 aliphatic carbocycles. The van der Waals surface area contributed by atoms with Crippen LogP contribution in [0, 0.1) is 0 Å². The van der Waals surface area contributed by atoms with Gasteiger partial charge in [-0.25, -0.2) is 4.79 Å². The number of alkyl carbamates (subject to hydrolysis) is 1. The van der Waals surface area contributed by atoms with E-state index in [1.165, 1.54) is 0 Å². The molecule has 2 fully saturated rings. The van der Waals surface area contributed by atoms with Gasteiger partial charge in [0.05, 0.1) is 19.3 Å². The molecule has 1 aliphatic heterocycles. The predicted molar refractivity (Wildman–Crippen MR) is 61.6 cm³/mol. The highest BCUT2D eigenvalue weighted by atomic mass is 16.7. The van der Waals surface area contributed by atoms with Crippen molar-refractivity contribution in [3.05, 3.63) is 0 Å². The minimum absolute atomic E-state index is 0.0774. The van der Waals surface area contributed by atoms with Crippen LogP contribution >= 0.6 is 0 Å². The van der Waals surface area contributed by atoms with Crippen LogP contribution in [0.15, 0.2) is 0 Å². The van der Waals surface area contributed by atoms with Gasteiger partial charge in [0.2, 0.25) is 0 Å². The van der Waals surface area contributed by atoms with Crippen molar-refractivity contribution in [2.75, 3.05) is 13.2 Å². The van der Waals surface area contributed by atoms with E-state index in [4.69, 9.17) is 14.2 Å². The number of nitrogens with one attached hydrogen (secondary N) is 1. The van der Waals surface area contributed by atoms with Crippen molar-refractivity contribution in [3.8, 4) is 0 Å². The van der Waals surface area contributed by atoms with Crippen LogP contribution in [0.4, 0.5) is 4.79 Å². The fourth-order valence-electron chi connectivity index (χ4n) is 2.40. The van der Waals surface area contributed by atoms with Crippen LogP contribution in [0.2, 0.25) is 0 Å². The average molecular weight is 243 g/mol. The van der Waals surface area contributed by atoms with E-state index in [0.29, 0.717) is 13.2 Å². The van der Waals surface area contributed by atoms with Crippen LogP contribution in [0.25, 0.3) is 0 Å². The lowest BCUT2D eigenvalue weighted by molar-refractivity contribution is -0.179. The van der Waals surface area contributed by atoms with Gasteiger partial charge in [0.25, 0.3) is 0 Å². The molecule has 1 saturated carbocycles. The lowest BCUT2D eigenvalue weighted by Crippen LogP contribution is -2.44. The molecule has 98 valence electrons. The first kappa shape index (κ1) is 12.6. The highest BCUT2D eigenvalue weighted by Crippen LogP contribution is 2.35. The standard InChI is InChI=1S/C12H21NO4/c1-9(2)17-11(14)13-10-3-5-12(6-4-10)15-7-8-16-12/h9-10H,3-8H2,1-2H3,(H,13,14). The van der Waals surface area contributed by atoms with Gasteiger partial charge in [-0.1, -0.05) is 0 Å². The monoisotopic (exact) mass is 243 g/mol. The maximum absolute atomic E-state index is 11.4. The third kappa shape index (κ3) is 3.33. The maximum atomic E-state index is 11.4. The lowest BCUT2D eigenvalue weighted by Gasteiger charge is -2.35. The van der Waals surface area contributed by atoms with Gasteiger partial charge in [-0.15, -0.1) is 0 Å². The molecule has 0 bridgehead atoms. The number of rotatable bonds is 2. The fraction of sp³-hybridized carbons (Fsp3) is 0.917. The van der Waals surface area contributed by atoms with E-state index < -0.39 is 0 Å². The minimum Gasteiger partial charge on any atom is -0.447 e. The summed E-state index contributed by atoms with van der Waals surface area (Å²) in [6, 6.07) is 0.180. The second-order valence-electron chi connectivity index (χ2n) is 4.98. The molecule has 0 atom stereocenters. The van der Waals surface area contributed by atoms with Gasteiger partial charge in [0.1, 0.15) is 0 Å².